The van der Waals surface area contributed by atoms with Crippen LogP contribution in [0.2, 0.25) is 36.3 Å². The van der Waals surface area contributed by atoms with Crippen LogP contribution in [0.25, 0.3) is 21.8 Å². The van der Waals surface area contributed by atoms with Crippen molar-refractivity contribution in [2.24, 2.45) is 5.73 Å². The van der Waals surface area contributed by atoms with Crippen LogP contribution in [-0.2, 0) is 34.9 Å². The first-order valence-electron chi connectivity index (χ1n) is 26.9. The quantitative estimate of drug-likeness (QED) is 0.0336. The maximum absolute atomic E-state index is 12.4. The molecular weight excluding hydrogens is 1230 g/mol. The third-order valence-electron chi connectivity index (χ3n) is 14.8. The molecule has 0 aliphatic carbocycles. The van der Waals surface area contributed by atoms with E-state index < -0.39 is 16.6 Å². The highest BCUT2D eigenvalue weighted by atomic mass is 79.9. The molecule has 15 heteroatoms. The molecule has 2 heterocycles. The van der Waals surface area contributed by atoms with Crippen LogP contribution in [0.1, 0.15) is 94.6 Å². The van der Waals surface area contributed by atoms with E-state index in [-0.39, 0.29) is 40.8 Å². The lowest BCUT2D eigenvalue weighted by molar-refractivity contribution is 0.182. The Morgan fingerprint density at radius 3 is 1.32 bits per heavy atom. The van der Waals surface area contributed by atoms with Crippen LogP contribution in [0.4, 0.5) is 0 Å². The number of nitrogens with two attached hydrogens (primary N) is 1. The van der Waals surface area contributed by atoms with Crippen LogP contribution >= 0.6 is 47.8 Å². The third kappa shape index (κ3) is 19.1. The largest absolute Gasteiger partial charge is 0.487 e. The summed E-state index contributed by atoms with van der Waals surface area (Å²) in [4.78, 5) is 30.4. The van der Waals surface area contributed by atoms with E-state index in [1.165, 1.54) is 11.1 Å². The number of ether oxygens (including phenoxy) is 2. The summed E-state index contributed by atoms with van der Waals surface area (Å²) < 4.78 is 28.2. The standard InChI is InChI=1S/C32H39BrN2O3Si.C24H30BrNO3Si.C8H10BrN.CH4/c1-32(2,3)39(4,5)38-29(21-34-20-19-23-11-13-25(33)14-12-23)26-15-17-28(31-27(26)16-18-30(36)35-31)37-22-24-9-7-6-8-10-24;1-24(2,3)30(4,5)29-21(15-25)18-11-13-20(23-19(18)12-14-22(27)26-23)28-16-17-9-7-6-8-10-17;9-8-3-1-7(2-4-8)5-6-10;/h6-18,29,34H,19-22H2,1-5H3,(H,35,36);6-14,21H,15-16H2,1-5H3,(H,26,27);1-4H,5-6,10H2;1H4/t29-;21-;;/m11../s1. The van der Waals surface area contributed by atoms with Gasteiger partial charge in [-0.15, -0.1) is 0 Å². The minimum Gasteiger partial charge on any atom is -0.487 e. The maximum Gasteiger partial charge on any atom is 0.248 e. The van der Waals surface area contributed by atoms with E-state index in [9.17, 15) is 9.59 Å². The highest BCUT2D eigenvalue weighted by molar-refractivity contribution is 9.10. The summed E-state index contributed by atoms with van der Waals surface area (Å²) in [7, 11) is -4.08. The van der Waals surface area contributed by atoms with Crippen LogP contribution in [0.15, 0.2) is 176 Å². The van der Waals surface area contributed by atoms with Gasteiger partial charge >= 0.3 is 0 Å². The zero-order valence-electron chi connectivity index (χ0n) is 47.5. The average molecular weight is 1310 g/mol. The molecule has 0 radical (unpaired) electrons. The van der Waals surface area contributed by atoms with Crippen LogP contribution < -0.4 is 31.6 Å². The number of rotatable bonds is 20. The van der Waals surface area contributed by atoms with Gasteiger partial charge in [0.1, 0.15) is 24.7 Å². The molecule has 0 fully saturated rings. The number of aromatic amines is 2. The van der Waals surface area contributed by atoms with Gasteiger partial charge in [-0.05, 0) is 144 Å². The summed E-state index contributed by atoms with van der Waals surface area (Å²) >= 11 is 10.5. The van der Waals surface area contributed by atoms with Gasteiger partial charge in [-0.1, -0.05) is 194 Å². The normalized spacial score (nSPS) is 12.6. The van der Waals surface area contributed by atoms with Gasteiger partial charge in [-0.25, -0.2) is 0 Å². The number of nitrogens with one attached hydrogen (secondary N) is 3. The molecule has 6 aromatic carbocycles. The van der Waals surface area contributed by atoms with Crippen LogP contribution in [0, 0.1) is 0 Å². The molecule has 0 bridgehead atoms. The van der Waals surface area contributed by atoms with Crippen molar-refractivity contribution in [2.75, 3.05) is 25.0 Å². The fourth-order valence-corrected chi connectivity index (χ4v) is 12.0. The van der Waals surface area contributed by atoms with Crippen molar-refractivity contribution in [2.45, 2.75) is 123 Å². The number of hydrogen-bond donors (Lipinski definition) is 4. The predicted octanol–water partition coefficient (Wildman–Crippen LogP) is 16.9. The lowest BCUT2D eigenvalue weighted by atomic mass is 10.0. The number of pyridine rings is 2. The molecule has 0 unspecified atom stereocenters. The fourth-order valence-electron chi connectivity index (χ4n) is 8.16. The number of H-pyrrole nitrogens is 2. The minimum atomic E-state index is -2.10. The highest BCUT2D eigenvalue weighted by Gasteiger charge is 2.41. The Balaban J connectivity index is 0.000000253. The summed E-state index contributed by atoms with van der Waals surface area (Å²) in [6, 6.07) is 51.6. The molecule has 2 aromatic heterocycles. The molecule has 0 saturated heterocycles. The SMILES string of the molecule is C.CC(C)(C)[Si](C)(C)O[C@H](CBr)c1ccc(OCc2ccccc2)c2[nH]c(=O)ccc12.CC(C)(C)[Si](C)(C)O[C@H](CNCCc1ccc(Br)cc1)c1ccc(OCc2ccccc2)c2[nH]c(=O)ccc12.NCCc1ccc(Br)cc1. The minimum absolute atomic E-state index is 0. The zero-order valence-corrected chi connectivity index (χ0v) is 54.2. The highest BCUT2D eigenvalue weighted by Crippen LogP contribution is 2.43. The number of benzene rings is 6. The van der Waals surface area contributed by atoms with Gasteiger partial charge < -0.3 is 39.3 Å². The molecule has 2 atom stereocenters. The predicted molar refractivity (Wildman–Crippen MR) is 351 cm³/mol. The van der Waals surface area contributed by atoms with Gasteiger partial charge in [0.25, 0.3) is 0 Å². The van der Waals surface area contributed by atoms with Gasteiger partial charge in [0.2, 0.25) is 11.1 Å². The van der Waals surface area contributed by atoms with E-state index in [1.54, 1.807) is 12.1 Å². The molecule has 80 heavy (non-hydrogen) atoms. The lowest BCUT2D eigenvalue weighted by Crippen LogP contribution is -2.43. The molecule has 0 spiro atoms. The number of aromatic nitrogens is 2. The molecule has 0 saturated carbocycles. The monoisotopic (exact) mass is 1310 g/mol. The molecule has 0 aliphatic heterocycles. The topological polar surface area (TPSA) is 141 Å². The first-order chi connectivity index (χ1) is 37.5. The zero-order chi connectivity index (χ0) is 57.4. The first-order valence-corrected chi connectivity index (χ1v) is 35.5. The second-order valence-corrected chi connectivity index (χ2v) is 34.7. The second kappa shape index (κ2) is 30.4. The van der Waals surface area contributed by atoms with Gasteiger partial charge in [0.05, 0.1) is 23.2 Å². The average Bonchev–Trinajstić information content (AvgIpc) is 3.41. The summed E-state index contributed by atoms with van der Waals surface area (Å²) in [6.07, 6.45) is 1.61. The van der Waals surface area contributed by atoms with Crippen molar-refractivity contribution in [3.8, 4) is 11.5 Å². The van der Waals surface area contributed by atoms with Crippen molar-refractivity contribution in [1.29, 1.82) is 0 Å². The smallest absolute Gasteiger partial charge is 0.248 e. The summed E-state index contributed by atoms with van der Waals surface area (Å²) in [5.41, 5.74) is 13.3. The van der Waals surface area contributed by atoms with Crippen molar-refractivity contribution < 1.29 is 18.3 Å². The molecule has 428 valence electrons. The second-order valence-electron chi connectivity index (χ2n) is 22.7. The summed E-state index contributed by atoms with van der Waals surface area (Å²) in [6.45, 7) is 25.6. The van der Waals surface area contributed by atoms with E-state index >= 15 is 0 Å². The number of halogens is 3. The van der Waals surface area contributed by atoms with Crippen molar-refractivity contribution in [1.82, 2.24) is 15.3 Å². The number of fused-ring (bicyclic) bond motifs is 2. The number of hydrogen-bond acceptors (Lipinski definition) is 8. The van der Waals surface area contributed by atoms with Crippen LogP contribution in [0.3, 0.4) is 0 Å². The number of alkyl halides is 1. The van der Waals surface area contributed by atoms with E-state index in [1.807, 2.05) is 97.1 Å². The van der Waals surface area contributed by atoms with Crippen LogP contribution in [-0.4, -0.2) is 51.6 Å². The molecular formula is C65H83Br3N4O6Si2. The van der Waals surface area contributed by atoms with Crippen molar-refractivity contribution in [3.63, 3.8) is 0 Å². The lowest BCUT2D eigenvalue weighted by Gasteiger charge is -2.39. The Hall–Kier alpha value is -4.95. The summed E-state index contributed by atoms with van der Waals surface area (Å²) in [5, 5.41) is 6.38. The fraction of sp³-hybridized carbons (Fsp3) is 0.354. The van der Waals surface area contributed by atoms with Gasteiger partial charge in [-0.3, -0.25) is 9.59 Å². The molecule has 0 amide bonds. The van der Waals surface area contributed by atoms with E-state index in [0.29, 0.717) is 47.6 Å². The molecule has 8 aromatic rings. The Morgan fingerprint density at radius 2 is 0.925 bits per heavy atom. The summed E-state index contributed by atoms with van der Waals surface area (Å²) in [5.74, 6) is 1.32. The van der Waals surface area contributed by atoms with Gasteiger partial charge in [0.15, 0.2) is 16.6 Å². The van der Waals surface area contributed by atoms with Crippen molar-refractivity contribution in [3.05, 3.63) is 221 Å². The molecule has 8 rings (SSSR count). The maximum atomic E-state index is 12.4. The van der Waals surface area contributed by atoms with Crippen LogP contribution in [0.5, 0.6) is 11.5 Å². The Morgan fingerprint density at radius 1 is 0.525 bits per heavy atom. The first kappa shape index (κ1) is 65.9. The third-order valence-corrected chi connectivity index (χ3v) is 25.4. The van der Waals surface area contributed by atoms with E-state index in [4.69, 9.17) is 24.1 Å². The van der Waals surface area contributed by atoms with Gasteiger partial charge in [-0.2, -0.15) is 0 Å². The van der Waals surface area contributed by atoms with Crippen molar-refractivity contribution >= 4 is 86.2 Å². The molecule has 10 nitrogen and oxygen atoms in total. The van der Waals surface area contributed by atoms with Gasteiger partial charge in [0, 0.05) is 43.7 Å². The Kier molecular flexibility index (Phi) is 25.0. The van der Waals surface area contributed by atoms with E-state index in [2.05, 4.69) is 179 Å². The molecule has 5 N–H and O–H groups in total. The molecule has 0 aliphatic rings. The Labute approximate surface area is 502 Å². The Bertz CT molecular complexity index is 3290. The van der Waals surface area contributed by atoms with E-state index in [0.717, 1.165) is 67.9 Å².